The number of hydrogen-bond acceptors (Lipinski definition) is 2. The predicted octanol–water partition coefficient (Wildman–Crippen LogP) is 3.58. The normalized spacial score (nSPS) is 12.5. The highest BCUT2D eigenvalue weighted by Gasteiger charge is 2.16. The summed E-state index contributed by atoms with van der Waals surface area (Å²) < 4.78 is 0. The number of aromatic nitrogens is 1. The van der Waals surface area contributed by atoms with E-state index in [1.165, 1.54) is 0 Å². The van der Waals surface area contributed by atoms with E-state index in [4.69, 9.17) is 0 Å². The van der Waals surface area contributed by atoms with Gasteiger partial charge in [0.05, 0.1) is 6.04 Å². The molecule has 1 amide bonds. The lowest BCUT2D eigenvalue weighted by Gasteiger charge is -2.18. The SMILES string of the molecule is CCC[C@H](NC(=O)/C(C#N)=C/c1ccc[nH]1)c1ccccc1. The van der Waals surface area contributed by atoms with Crippen molar-refractivity contribution in [2.45, 2.75) is 25.8 Å². The number of nitriles is 1. The monoisotopic (exact) mass is 293 g/mol. The molecule has 1 heterocycles. The molecular formula is C18H19N3O. The Morgan fingerprint density at radius 2 is 2.09 bits per heavy atom. The molecule has 0 radical (unpaired) electrons. The predicted molar refractivity (Wildman–Crippen MR) is 86.6 cm³/mol. The number of benzene rings is 1. The molecule has 1 aromatic heterocycles. The summed E-state index contributed by atoms with van der Waals surface area (Å²) in [6, 6.07) is 15.3. The summed E-state index contributed by atoms with van der Waals surface area (Å²) in [7, 11) is 0. The van der Waals surface area contributed by atoms with Crippen LogP contribution < -0.4 is 5.32 Å². The molecule has 0 spiro atoms. The van der Waals surface area contributed by atoms with Gasteiger partial charge in [-0.05, 0) is 30.2 Å². The van der Waals surface area contributed by atoms with Crippen LogP contribution in [0.25, 0.3) is 6.08 Å². The Balaban J connectivity index is 2.15. The van der Waals surface area contributed by atoms with Crippen LogP contribution in [-0.2, 0) is 4.79 Å². The summed E-state index contributed by atoms with van der Waals surface area (Å²) in [5.74, 6) is -0.348. The van der Waals surface area contributed by atoms with Gasteiger partial charge in [0.25, 0.3) is 5.91 Å². The van der Waals surface area contributed by atoms with Crippen LogP contribution in [0.1, 0.15) is 37.1 Å². The maximum absolute atomic E-state index is 12.3. The van der Waals surface area contributed by atoms with Crippen LogP contribution in [-0.4, -0.2) is 10.9 Å². The van der Waals surface area contributed by atoms with E-state index in [1.54, 1.807) is 12.3 Å². The van der Waals surface area contributed by atoms with Gasteiger partial charge in [-0.2, -0.15) is 5.26 Å². The van der Waals surface area contributed by atoms with Crippen LogP contribution in [0.15, 0.2) is 54.2 Å². The highest BCUT2D eigenvalue weighted by Crippen LogP contribution is 2.19. The van der Waals surface area contributed by atoms with Crippen molar-refractivity contribution < 1.29 is 4.79 Å². The van der Waals surface area contributed by atoms with Gasteiger partial charge < -0.3 is 10.3 Å². The molecule has 1 atom stereocenters. The van der Waals surface area contributed by atoms with Crippen LogP contribution in [0.2, 0.25) is 0 Å². The van der Waals surface area contributed by atoms with E-state index < -0.39 is 0 Å². The topological polar surface area (TPSA) is 68.7 Å². The Bertz CT molecular complexity index is 666. The molecule has 112 valence electrons. The van der Waals surface area contributed by atoms with Gasteiger partial charge in [0.15, 0.2) is 0 Å². The summed E-state index contributed by atoms with van der Waals surface area (Å²) in [5, 5.41) is 12.2. The molecule has 0 aliphatic rings. The zero-order chi connectivity index (χ0) is 15.8. The van der Waals surface area contributed by atoms with Crippen LogP contribution in [0, 0.1) is 11.3 Å². The van der Waals surface area contributed by atoms with Gasteiger partial charge in [0, 0.05) is 11.9 Å². The van der Waals surface area contributed by atoms with Crippen LogP contribution in [0.4, 0.5) is 0 Å². The van der Waals surface area contributed by atoms with Crippen molar-refractivity contribution in [1.82, 2.24) is 10.3 Å². The number of nitrogens with zero attached hydrogens (tertiary/aromatic N) is 1. The number of hydrogen-bond donors (Lipinski definition) is 2. The van der Waals surface area contributed by atoms with E-state index in [0.29, 0.717) is 0 Å². The quantitative estimate of drug-likeness (QED) is 0.631. The molecule has 0 saturated carbocycles. The first kappa shape index (κ1) is 15.6. The van der Waals surface area contributed by atoms with Gasteiger partial charge in [-0.15, -0.1) is 0 Å². The maximum Gasteiger partial charge on any atom is 0.262 e. The largest absolute Gasteiger partial charge is 0.362 e. The second kappa shape index (κ2) is 7.84. The van der Waals surface area contributed by atoms with Gasteiger partial charge >= 0.3 is 0 Å². The van der Waals surface area contributed by atoms with E-state index in [2.05, 4.69) is 17.2 Å². The van der Waals surface area contributed by atoms with Gasteiger partial charge in [-0.25, -0.2) is 0 Å². The first-order chi connectivity index (χ1) is 10.7. The summed E-state index contributed by atoms with van der Waals surface area (Å²) >= 11 is 0. The molecule has 0 aliphatic heterocycles. The number of aromatic amines is 1. The molecule has 2 aromatic rings. The fourth-order valence-corrected chi connectivity index (χ4v) is 2.27. The van der Waals surface area contributed by atoms with Crippen molar-refractivity contribution >= 4 is 12.0 Å². The fourth-order valence-electron chi connectivity index (χ4n) is 2.27. The number of nitrogens with one attached hydrogen (secondary N) is 2. The van der Waals surface area contributed by atoms with Crippen molar-refractivity contribution in [3.8, 4) is 6.07 Å². The standard InChI is InChI=1S/C18H19N3O/c1-2-7-17(14-8-4-3-5-9-14)21-18(22)15(13-19)12-16-10-6-11-20-16/h3-6,8-12,17,20H,2,7H2,1H3,(H,21,22)/b15-12+/t17-/m0/s1. The van der Waals surface area contributed by atoms with Crippen LogP contribution in [0.5, 0.6) is 0 Å². The number of H-pyrrole nitrogens is 1. The molecule has 22 heavy (non-hydrogen) atoms. The second-order valence-electron chi connectivity index (χ2n) is 5.02. The fraction of sp³-hybridized carbons (Fsp3) is 0.222. The molecule has 4 nitrogen and oxygen atoms in total. The lowest BCUT2D eigenvalue weighted by molar-refractivity contribution is -0.117. The van der Waals surface area contributed by atoms with Gasteiger partial charge in [-0.1, -0.05) is 43.7 Å². The molecule has 0 unspecified atom stereocenters. The highest BCUT2D eigenvalue weighted by atomic mass is 16.1. The third kappa shape index (κ3) is 4.10. The Morgan fingerprint density at radius 1 is 1.32 bits per heavy atom. The number of amides is 1. The maximum atomic E-state index is 12.3. The van der Waals surface area contributed by atoms with Gasteiger partial charge in [0.1, 0.15) is 11.6 Å². The van der Waals surface area contributed by atoms with E-state index in [9.17, 15) is 10.1 Å². The highest BCUT2D eigenvalue weighted by molar-refractivity contribution is 6.01. The van der Waals surface area contributed by atoms with Crippen molar-refractivity contribution in [3.05, 3.63) is 65.5 Å². The van der Waals surface area contributed by atoms with Crippen LogP contribution in [0.3, 0.4) is 0 Å². The number of rotatable bonds is 6. The van der Waals surface area contributed by atoms with Gasteiger partial charge in [-0.3, -0.25) is 4.79 Å². The zero-order valence-electron chi connectivity index (χ0n) is 12.5. The molecule has 0 saturated heterocycles. The minimum atomic E-state index is -0.348. The van der Waals surface area contributed by atoms with E-state index in [0.717, 1.165) is 24.1 Å². The second-order valence-corrected chi connectivity index (χ2v) is 5.02. The average Bonchev–Trinajstić information content (AvgIpc) is 3.06. The first-order valence-electron chi connectivity index (χ1n) is 7.35. The first-order valence-corrected chi connectivity index (χ1v) is 7.35. The number of carbonyl (C=O) groups is 1. The van der Waals surface area contributed by atoms with Crippen molar-refractivity contribution in [3.63, 3.8) is 0 Å². The third-order valence-corrected chi connectivity index (χ3v) is 3.37. The van der Waals surface area contributed by atoms with Crippen LogP contribution >= 0.6 is 0 Å². The average molecular weight is 293 g/mol. The van der Waals surface area contributed by atoms with E-state index in [-0.39, 0.29) is 17.5 Å². The Morgan fingerprint density at radius 3 is 2.68 bits per heavy atom. The molecule has 0 bridgehead atoms. The molecular weight excluding hydrogens is 274 g/mol. The smallest absolute Gasteiger partial charge is 0.262 e. The molecule has 2 N–H and O–H groups in total. The Kier molecular flexibility index (Phi) is 5.56. The minimum Gasteiger partial charge on any atom is -0.362 e. The summed E-state index contributed by atoms with van der Waals surface area (Å²) in [6.45, 7) is 2.07. The van der Waals surface area contributed by atoms with Crippen molar-refractivity contribution in [1.29, 1.82) is 5.26 Å². The summed E-state index contributed by atoms with van der Waals surface area (Å²) in [6.07, 6.45) is 5.09. The molecule has 1 aromatic carbocycles. The lowest BCUT2D eigenvalue weighted by atomic mass is 10.0. The lowest BCUT2D eigenvalue weighted by Crippen LogP contribution is -2.29. The zero-order valence-corrected chi connectivity index (χ0v) is 12.5. The number of carbonyl (C=O) groups excluding carboxylic acids is 1. The third-order valence-electron chi connectivity index (χ3n) is 3.37. The summed E-state index contributed by atoms with van der Waals surface area (Å²) in [5.41, 5.74) is 1.88. The molecule has 0 fully saturated rings. The van der Waals surface area contributed by atoms with Gasteiger partial charge in [0.2, 0.25) is 0 Å². The van der Waals surface area contributed by atoms with Crippen molar-refractivity contribution in [2.75, 3.05) is 0 Å². The summed E-state index contributed by atoms with van der Waals surface area (Å²) in [4.78, 5) is 15.3. The van der Waals surface area contributed by atoms with E-state index in [1.807, 2.05) is 48.5 Å². The molecule has 0 aliphatic carbocycles. The van der Waals surface area contributed by atoms with E-state index >= 15 is 0 Å². The Hall–Kier alpha value is -2.80. The molecule has 2 rings (SSSR count). The molecule has 4 heteroatoms. The van der Waals surface area contributed by atoms with Crippen molar-refractivity contribution in [2.24, 2.45) is 0 Å². The Labute approximate surface area is 130 Å². The minimum absolute atomic E-state index is 0.0842.